The highest BCUT2D eigenvalue weighted by Crippen LogP contribution is 2.43. The zero-order valence-electron chi connectivity index (χ0n) is 26.8. The number of rotatable bonds is 21. The van der Waals surface area contributed by atoms with Gasteiger partial charge in [0.25, 0.3) is 0 Å². The van der Waals surface area contributed by atoms with Crippen LogP contribution in [0.2, 0.25) is 0 Å². The van der Waals surface area contributed by atoms with Crippen LogP contribution in [0.25, 0.3) is 11.2 Å². The highest BCUT2D eigenvalue weighted by molar-refractivity contribution is 7.50. The number of carbonyl (C=O) groups is 1. The summed E-state index contributed by atoms with van der Waals surface area (Å²) in [5, 5.41) is 23.9. The van der Waals surface area contributed by atoms with E-state index in [1.54, 1.807) is 0 Å². The average Bonchev–Trinajstić information content (AvgIpc) is 3.52. The van der Waals surface area contributed by atoms with Crippen molar-refractivity contribution in [3.63, 3.8) is 0 Å². The van der Waals surface area contributed by atoms with Crippen LogP contribution in [0.5, 0.6) is 0 Å². The van der Waals surface area contributed by atoms with E-state index >= 15 is 0 Å². The Morgan fingerprint density at radius 1 is 1.11 bits per heavy atom. The van der Waals surface area contributed by atoms with Gasteiger partial charge in [-0.15, -0.1) is 0 Å². The molecule has 1 unspecified atom stereocenters. The number of aromatic nitrogens is 4. The number of aliphatic hydroxyl groups is 2. The summed E-state index contributed by atoms with van der Waals surface area (Å²) in [6.45, 7) is 2.62. The maximum absolute atomic E-state index is 12.5. The van der Waals surface area contributed by atoms with Crippen LogP contribution in [0.3, 0.4) is 0 Å². The largest absolute Gasteiger partial charge is 0.465 e. The Kier molecular flexibility index (Phi) is 15.0. The first-order valence-corrected chi connectivity index (χ1v) is 17.5. The third kappa shape index (κ3) is 11.4. The van der Waals surface area contributed by atoms with Crippen molar-refractivity contribution in [1.82, 2.24) is 24.6 Å². The van der Waals surface area contributed by atoms with Gasteiger partial charge in [0.1, 0.15) is 29.9 Å². The molecule has 0 bridgehead atoms. The molecule has 0 aliphatic carbocycles. The molecule has 3 rings (SSSR count). The molecule has 1 aliphatic heterocycles. The number of esters is 1. The summed E-state index contributed by atoms with van der Waals surface area (Å²) in [6, 6.07) is 0. The third-order valence-corrected chi connectivity index (χ3v) is 8.72. The van der Waals surface area contributed by atoms with Gasteiger partial charge in [-0.25, -0.2) is 14.6 Å². The number of nitrogens with one attached hydrogen (secondary N) is 1. The number of imidazole rings is 1. The number of anilines is 2. The van der Waals surface area contributed by atoms with Crippen LogP contribution in [0.4, 0.5) is 11.8 Å². The van der Waals surface area contributed by atoms with Crippen molar-refractivity contribution in [3.8, 4) is 0 Å². The molecule has 1 aliphatic rings. The summed E-state index contributed by atoms with van der Waals surface area (Å²) in [5.41, 5.74) is 10.0. The van der Waals surface area contributed by atoms with Gasteiger partial charge in [-0.3, -0.25) is 13.9 Å². The number of hydrogen-bond acceptors (Lipinski definition) is 12. The smallest absolute Gasteiger partial charge is 0.403 e. The third-order valence-electron chi connectivity index (χ3n) is 7.67. The highest BCUT2D eigenvalue weighted by atomic mass is 31.2. The molecule has 2 aromatic heterocycles. The second kappa shape index (κ2) is 18.4. The maximum Gasteiger partial charge on any atom is 0.403 e. The molecule has 0 aromatic carbocycles. The molecule has 5 atom stereocenters. The van der Waals surface area contributed by atoms with Crippen molar-refractivity contribution in [2.45, 2.75) is 109 Å². The Bertz CT molecular complexity index is 1350. The van der Waals surface area contributed by atoms with E-state index < -0.39 is 50.9 Å². The number of fused-ring (bicyclic) bond motifs is 1. The zero-order chi connectivity index (χ0) is 33.6. The van der Waals surface area contributed by atoms with Gasteiger partial charge >= 0.3 is 13.7 Å². The van der Waals surface area contributed by atoms with E-state index in [0.717, 1.165) is 44.9 Å². The van der Waals surface area contributed by atoms with Crippen molar-refractivity contribution < 1.29 is 38.5 Å². The molecule has 16 heteroatoms. The van der Waals surface area contributed by atoms with Crippen LogP contribution < -0.4 is 16.6 Å². The van der Waals surface area contributed by atoms with Gasteiger partial charge in [0.2, 0.25) is 5.95 Å². The second-order valence-electron chi connectivity index (χ2n) is 11.6. The minimum atomic E-state index is -4.48. The van der Waals surface area contributed by atoms with Gasteiger partial charge < -0.3 is 36.0 Å². The van der Waals surface area contributed by atoms with E-state index in [4.69, 9.17) is 25.5 Å². The van der Waals surface area contributed by atoms with Crippen molar-refractivity contribution in [3.05, 3.63) is 30.6 Å². The minimum Gasteiger partial charge on any atom is -0.465 e. The Balaban J connectivity index is 1.29. The van der Waals surface area contributed by atoms with Gasteiger partial charge in [0.15, 0.2) is 17.7 Å². The summed E-state index contributed by atoms with van der Waals surface area (Å²) >= 11 is 0. The molecule has 0 amide bonds. The summed E-state index contributed by atoms with van der Waals surface area (Å²) in [6.07, 6.45) is 18.1. The van der Waals surface area contributed by atoms with Crippen LogP contribution in [0.1, 0.15) is 90.7 Å². The topological polar surface area (TPSA) is 230 Å². The molecule has 15 nitrogen and oxygen atoms in total. The van der Waals surface area contributed by atoms with E-state index in [0.29, 0.717) is 6.42 Å². The molecule has 1 saturated heterocycles. The number of ether oxygens (including phenoxy) is 2. The normalized spacial score (nSPS) is 23.1. The molecule has 8 N–H and O–H groups in total. The fourth-order valence-electron chi connectivity index (χ4n) is 5.04. The Hall–Kier alpha value is -2.91. The SMILES string of the molecule is CCCCC/C=C\C/C=C\CCCCCCCOC(=O)CNP(=O)(O)OC[C@H]1O[C@@H](n2cnc3c(N)nc(N)nc32)[C@@](C)(O)[C@H]1O. The summed E-state index contributed by atoms with van der Waals surface area (Å²) in [4.78, 5) is 34.2. The van der Waals surface area contributed by atoms with E-state index in [-0.39, 0.29) is 29.5 Å². The molecule has 0 spiro atoms. The van der Waals surface area contributed by atoms with E-state index in [1.165, 1.54) is 37.1 Å². The molecule has 1 fully saturated rings. The fraction of sp³-hybridized carbons (Fsp3) is 0.667. The minimum absolute atomic E-state index is 0.0242. The lowest BCUT2D eigenvalue weighted by Crippen LogP contribution is -2.44. The van der Waals surface area contributed by atoms with Gasteiger partial charge in [0, 0.05) is 0 Å². The van der Waals surface area contributed by atoms with E-state index in [9.17, 15) is 24.5 Å². The van der Waals surface area contributed by atoms with E-state index in [1.807, 2.05) is 0 Å². The molecule has 0 saturated carbocycles. The molecule has 46 heavy (non-hydrogen) atoms. The van der Waals surface area contributed by atoms with Crippen LogP contribution >= 0.6 is 7.75 Å². The Morgan fingerprint density at radius 3 is 2.50 bits per heavy atom. The molecule has 3 heterocycles. The maximum atomic E-state index is 12.5. The highest BCUT2D eigenvalue weighted by Gasteiger charge is 2.54. The van der Waals surface area contributed by atoms with Gasteiger partial charge in [0.05, 0.1) is 19.5 Å². The van der Waals surface area contributed by atoms with Gasteiger partial charge in [-0.2, -0.15) is 9.97 Å². The predicted molar refractivity (Wildman–Crippen MR) is 174 cm³/mol. The second-order valence-corrected chi connectivity index (χ2v) is 13.2. The first kappa shape index (κ1) is 37.5. The predicted octanol–water partition coefficient (Wildman–Crippen LogP) is 3.67. The number of nitrogens with two attached hydrogens (primary N) is 2. The first-order valence-electron chi connectivity index (χ1n) is 16.0. The van der Waals surface area contributed by atoms with Crippen molar-refractivity contribution in [2.24, 2.45) is 0 Å². The van der Waals surface area contributed by atoms with Crippen molar-refractivity contribution in [1.29, 1.82) is 0 Å². The van der Waals surface area contributed by atoms with Gasteiger partial charge in [-0.1, -0.05) is 63.3 Å². The summed E-state index contributed by atoms with van der Waals surface area (Å²) < 4.78 is 29.8. The van der Waals surface area contributed by atoms with Gasteiger partial charge in [-0.05, 0) is 45.4 Å². The summed E-state index contributed by atoms with van der Waals surface area (Å²) in [5.74, 6) is -0.798. The number of hydrogen-bond donors (Lipinski definition) is 6. The number of unbranched alkanes of at least 4 members (excludes halogenated alkanes) is 8. The van der Waals surface area contributed by atoms with E-state index in [2.05, 4.69) is 51.3 Å². The van der Waals surface area contributed by atoms with Crippen LogP contribution in [0.15, 0.2) is 30.6 Å². The molecule has 258 valence electrons. The quantitative estimate of drug-likeness (QED) is 0.0483. The number of allylic oxidation sites excluding steroid dienone is 4. The van der Waals surface area contributed by atoms with Crippen LogP contribution in [-0.2, 0) is 23.4 Å². The lowest BCUT2D eigenvalue weighted by molar-refractivity contribution is -0.142. The first-order chi connectivity index (χ1) is 22.0. The Morgan fingerprint density at radius 2 is 1.78 bits per heavy atom. The Labute approximate surface area is 270 Å². The number of nitrogen functional groups attached to an aromatic ring is 2. The molecular weight excluding hydrogens is 617 g/mol. The molecular formula is C30H50N7O8P. The lowest BCUT2D eigenvalue weighted by atomic mass is 9.96. The standard InChI is InChI=1S/C30H50N7O8P/c1-3-4-5-6-7-8-9-10-11-12-13-14-15-16-17-18-43-23(38)19-34-46(41,42)44-20-22-25(39)30(2,40)28(45-22)37-21-33-24-26(31)35-29(32)36-27(24)37/h7-8,10-11,21-22,25,28,39-40H,3-6,9,12-20H2,1-2H3,(H2,34,41,42)(H4,31,32,35,36)/b8-7-,11-10-/t22-,25+,28-,30+/m1/s1. The average molecular weight is 668 g/mol. The zero-order valence-corrected chi connectivity index (χ0v) is 27.7. The summed E-state index contributed by atoms with van der Waals surface area (Å²) in [7, 11) is -4.48. The molecule has 2 aromatic rings. The number of carbonyl (C=O) groups excluding carboxylic acids is 1. The number of nitrogens with zero attached hydrogens (tertiary/aromatic N) is 4. The fourth-order valence-corrected chi connectivity index (χ4v) is 5.81. The number of aliphatic hydroxyl groups excluding tert-OH is 1. The molecule has 0 radical (unpaired) electrons. The lowest BCUT2D eigenvalue weighted by Gasteiger charge is -2.27. The van der Waals surface area contributed by atoms with Crippen molar-refractivity contribution >= 4 is 36.6 Å². The van der Waals surface area contributed by atoms with Crippen LogP contribution in [0, 0.1) is 0 Å². The van der Waals surface area contributed by atoms with Crippen molar-refractivity contribution in [2.75, 3.05) is 31.2 Å². The van der Waals surface area contributed by atoms with Crippen LogP contribution in [-0.4, -0.2) is 78.2 Å². The monoisotopic (exact) mass is 667 g/mol.